The zero-order valence-electron chi connectivity index (χ0n) is 14.1. The molecule has 0 bridgehead atoms. The highest BCUT2D eigenvalue weighted by molar-refractivity contribution is 7.80. The highest BCUT2D eigenvalue weighted by Crippen LogP contribution is 2.25. The van der Waals surface area contributed by atoms with Crippen LogP contribution in [0.5, 0.6) is 0 Å². The molecule has 1 aromatic carbocycles. The fourth-order valence-corrected chi connectivity index (χ4v) is 2.64. The van der Waals surface area contributed by atoms with Crippen molar-refractivity contribution < 1.29 is 14.3 Å². The van der Waals surface area contributed by atoms with Gasteiger partial charge in [0, 0.05) is 23.6 Å². The molecule has 0 spiro atoms. The van der Waals surface area contributed by atoms with Crippen molar-refractivity contribution >= 4 is 57.9 Å². The lowest BCUT2D eigenvalue weighted by molar-refractivity contribution is -0.305. The maximum absolute atomic E-state index is 10.5. The molecule has 0 amide bonds. The van der Waals surface area contributed by atoms with E-state index in [1.165, 1.54) is 0 Å². The van der Waals surface area contributed by atoms with Gasteiger partial charge in [0.25, 0.3) is 0 Å². The lowest BCUT2D eigenvalue weighted by Crippen LogP contribution is -2.25. The maximum atomic E-state index is 10.5. The number of carboxylic acid groups (broad SMARTS) is 1. The molecule has 0 aliphatic carbocycles. The summed E-state index contributed by atoms with van der Waals surface area (Å²) in [6, 6.07) is 6.81. The van der Waals surface area contributed by atoms with Crippen molar-refractivity contribution in [1.82, 2.24) is 5.43 Å². The lowest BCUT2D eigenvalue weighted by atomic mass is 10.1. The van der Waals surface area contributed by atoms with E-state index < -0.39 is 5.97 Å². The number of halogens is 2. The van der Waals surface area contributed by atoms with E-state index in [0.717, 1.165) is 5.56 Å². The van der Waals surface area contributed by atoms with Gasteiger partial charge in [0.1, 0.15) is 11.5 Å². The molecule has 2 aromatic rings. The fourth-order valence-electron chi connectivity index (χ4n) is 2.18. The van der Waals surface area contributed by atoms with Gasteiger partial charge in [0.15, 0.2) is 5.11 Å². The molecule has 0 saturated heterocycles. The number of thiocarbonyl (C=S) groups is 1. The highest BCUT2D eigenvalue weighted by Gasteiger charge is 2.10. The molecule has 0 aliphatic rings. The number of carbonyl (C=O) groups excluding carboxylic acids is 1. The van der Waals surface area contributed by atoms with Crippen molar-refractivity contribution in [2.24, 2.45) is 5.10 Å². The maximum Gasteiger partial charge on any atom is 0.191 e. The molecule has 138 valence electrons. The Labute approximate surface area is 166 Å². The monoisotopic (exact) mass is 412 g/mol. The summed E-state index contributed by atoms with van der Waals surface area (Å²) >= 11 is 17.0. The van der Waals surface area contributed by atoms with E-state index in [1.807, 2.05) is 0 Å². The molecule has 2 N–H and O–H groups in total. The van der Waals surface area contributed by atoms with Gasteiger partial charge in [-0.15, -0.1) is 0 Å². The Balaban J connectivity index is 1.99. The van der Waals surface area contributed by atoms with Crippen LogP contribution in [0.3, 0.4) is 0 Å². The van der Waals surface area contributed by atoms with Gasteiger partial charge in [0.2, 0.25) is 0 Å². The number of hydrazone groups is 1. The number of carbonyl (C=O) groups is 1. The number of benzene rings is 1. The number of hydrogen-bond donors (Lipinski definition) is 2. The molecule has 0 atom stereocenters. The molecule has 0 radical (unpaired) electrons. The third-order valence-electron chi connectivity index (χ3n) is 3.44. The molecule has 6 nitrogen and oxygen atoms in total. The summed E-state index contributed by atoms with van der Waals surface area (Å²) in [5, 5.41) is 18.8. The van der Waals surface area contributed by atoms with Gasteiger partial charge in [-0.25, -0.2) is 0 Å². The van der Waals surface area contributed by atoms with Crippen molar-refractivity contribution in [3.05, 3.63) is 51.4 Å². The van der Waals surface area contributed by atoms with E-state index in [-0.39, 0.29) is 18.0 Å². The van der Waals surface area contributed by atoms with E-state index in [9.17, 15) is 9.90 Å². The first-order chi connectivity index (χ1) is 12.3. The second kappa shape index (κ2) is 9.02. The number of nitrogens with zero attached hydrogens (tertiary/aromatic N) is 1. The summed E-state index contributed by atoms with van der Waals surface area (Å²) in [4.78, 5) is 10.5. The van der Waals surface area contributed by atoms with Crippen LogP contribution < -0.4 is 15.8 Å². The molecule has 0 unspecified atom stereocenters. The lowest BCUT2D eigenvalue weighted by Gasteiger charge is -2.08. The number of hydrogen-bond acceptors (Lipinski definition) is 5. The van der Waals surface area contributed by atoms with Gasteiger partial charge >= 0.3 is 0 Å². The Kier molecular flexibility index (Phi) is 7.02. The smallest absolute Gasteiger partial charge is 0.191 e. The van der Waals surface area contributed by atoms with E-state index in [4.69, 9.17) is 39.8 Å². The first-order valence-corrected chi connectivity index (χ1v) is 8.78. The number of carboxylic acids is 1. The third-order valence-corrected chi connectivity index (χ3v) is 4.37. The first-order valence-electron chi connectivity index (χ1n) is 7.62. The van der Waals surface area contributed by atoms with E-state index in [2.05, 4.69) is 15.8 Å². The van der Waals surface area contributed by atoms with Crippen molar-refractivity contribution in [1.29, 1.82) is 0 Å². The van der Waals surface area contributed by atoms with Gasteiger partial charge in [-0.2, -0.15) is 5.10 Å². The third kappa shape index (κ3) is 5.72. The largest absolute Gasteiger partial charge is 0.550 e. The molecule has 0 fully saturated rings. The minimum absolute atomic E-state index is 0.0987. The number of aryl methyl sites for hydroxylation is 2. The summed E-state index contributed by atoms with van der Waals surface area (Å²) in [6.45, 7) is 3.57. The highest BCUT2D eigenvalue weighted by atomic mass is 35.5. The van der Waals surface area contributed by atoms with Crippen molar-refractivity contribution in [3.63, 3.8) is 0 Å². The predicted molar refractivity (Wildman–Crippen MR) is 105 cm³/mol. The summed E-state index contributed by atoms with van der Waals surface area (Å²) in [5.74, 6) is 0.0869. The number of furan rings is 1. The minimum Gasteiger partial charge on any atom is -0.550 e. The van der Waals surface area contributed by atoms with Crippen LogP contribution in [0.25, 0.3) is 0 Å². The molecular weight excluding hydrogens is 397 g/mol. The number of nitrogens with one attached hydrogen (secondary N) is 2. The van der Waals surface area contributed by atoms with Gasteiger partial charge in [0.05, 0.1) is 15.8 Å². The fraction of sp³-hybridized carbons (Fsp3) is 0.235. The van der Waals surface area contributed by atoms with E-state index in [1.54, 1.807) is 38.1 Å². The summed E-state index contributed by atoms with van der Waals surface area (Å²) in [7, 11) is 0. The summed E-state index contributed by atoms with van der Waals surface area (Å²) in [5.41, 5.74) is 4.82. The number of aliphatic carboxylic acids is 1. The summed E-state index contributed by atoms with van der Waals surface area (Å²) < 4.78 is 5.54. The standard InChI is InChI=1S/C17H17Cl2N3O3S/c1-9(13-8-12(25-10(13)2)4-6-16(23)24)21-22-17(26)20-11-3-5-14(18)15(19)7-11/h3,5,7-8H,4,6H2,1-2H3,(H,23,24)(H2,20,22,26)/p-1/b21-9-. The molecule has 0 saturated carbocycles. The van der Waals surface area contributed by atoms with Crippen molar-refractivity contribution in [2.75, 3.05) is 5.32 Å². The Morgan fingerprint density at radius 1 is 1.31 bits per heavy atom. The van der Waals surface area contributed by atoms with E-state index >= 15 is 0 Å². The molecule has 1 aromatic heterocycles. The zero-order valence-corrected chi connectivity index (χ0v) is 16.4. The molecule has 9 heteroatoms. The van der Waals surface area contributed by atoms with Crippen LogP contribution in [0.15, 0.2) is 33.8 Å². The SMILES string of the molecule is C/C(=N/NC(=S)Nc1ccc(Cl)c(Cl)c1)c1cc(CCC(=O)[O-])oc1C. The predicted octanol–water partition coefficient (Wildman–Crippen LogP) is 3.29. The Bertz CT molecular complexity index is 865. The van der Waals surface area contributed by atoms with Gasteiger partial charge in [-0.1, -0.05) is 23.2 Å². The van der Waals surface area contributed by atoms with E-state index in [0.29, 0.717) is 33.0 Å². The Morgan fingerprint density at radius 2 is 2.04 bits per heavy atom. The van der Waals surface area contributed by atoms with Gasteiger partial charge < -0.3 is 19.6 Å². The van der Waals surface area contributed by atoms with Crippen LogP contribution in [-0.2, 0) is 11.2 Å². The first kappa shape index (κ1) is 20.2. The van der Waals surface area contributed by atoms with Gasteiger partial charge in [-0.05, 0) is 56.8 Å². The molecule has 2 rings (SSSR count). The average molecular weight is 413 g/mol. The quantitative estimate of drug-likeness (QED) is 0.429. The second-order valence-corrected chi connectivity index (χ2v) is 6.67. The van der Waals surface area contributed by atoms with Crippen molar-refractivity contribution in [2.45, 2.75) is 26.7 Å². The Morgan fingerprint density at radius 3 is 2.69 bits per heavy atom. The van der Waals surface area contributed by atoms with Crippen LogP contribution in [0.4, 0.5) is 5.69 Å². The molecule has 1 heterocycles. The van der Waals surface area contributed by atoms with Gasteiger partial charge in [-0.3, -0.25) is 5.43 Å². The Hall–Kier alpha value is -2.09. The zero-order chi connectivity index (χ0) is 19.3. The number of rotatable bonds is 6. The van der Waals surface area contributed by atoms with Crippen LogP contribution in [0.2, 0.25) is 10.0 Å². The van der Waals surface area contributed by atoms with Crippen LogP contribution in [0.1, 0.15) is 30.4 Å². The molecule has 0 aliphatic heterocycles. The van der Waals surface area contributed by atoms with Crippen LogP contribution in [-0.4, -0.2) is 16.8 Å². The summed E-state index contributed by atoms with van der Waals surface area (Å²) in [6.07, 6.45) is 0.166. The van der Waals surface area contributed by atoms with Crippen LogP contribution >= 0.6 is 35.4 Å². The normalized spacial score (nSPS) is 11.3. The van der Waals surface area contributed by atoms with Crippen LogP contribution in [0, 0.1) is 6.92 Å². The second-order valence-electron chi connectivity index (χ2n) is 5.45. The molecule has 26 heavy (non-hydrogen) atoms. The minimum atomic E-state index is -1.12. The number of anilines is 1. The van der Waals surface area contributed by atoms with Crippen molar-refractivity contribution in [3.8, 4) is 0 Å². The topological polar surface area (TPSA) is 89.7 Å². The average Bonchev–Trinajstić information content (AvgIpc) is 2.95. The molecular formula is C17H16Cl2N3O3S-.